The van der Waals surface area contributed by atoms with E-state index in [4.69, 9.17) is 27.9 Å². The van der Waals surface area contributed by atoms with Crippen LogP contribution in [0.3, 0.4) is 0 Å². The maximum Gasteiger partial charge on any atom is 0.346 e. The van der Waals surface area contributed by atoms with Crippen molar-refractivity contribution >= 4 is 29.2 Å². The number of pyridine rings is 1. The monoisotopic (exact) mass is 249 g/mol. The zero-order chi connectivity index (χ0) is 11.4. The third-order valence-electron chi connectivity index (χ3n) is 1.62. The summed E-state index contributed by atoms with van der Waals surface area (Å²) in [5.41, 5.74) is 0. The lowest BCUT2D eigenvalue weighted by atomic mass is 10.4. The van der Waals surface area contributed by atoms with Crippen LogP contribution in [0.4, 0.5) is 0 Å². The van der Waals surface area contributed by atoms with Crippen LogP contribution in [0.1, 0.15) is 6.92 Å². The predicted octanol–water partition coefficient (Wildman–Crippen LogP) is 2.33. The summed E-state index contributed by atoms with van der Waals surface area (Å²) in [4.78, 5) is 14.8. The minimum absolute atomic E-state index is 0.109. The van der Waals surface area contributed by atoms with Crippen molar-refractivity contribution in [2.45, 2.75) is 13.0 Å². The zero-order valence-corrected chi connectivity index (χ0v) is 9.67. The lowest BCUT2D eigenvalue weighted by Crippen LogP contribution is -2.25. The molecule has 4 nitrogen and oxygen atoms in total. The maximum absolute atomic E-state index is 11.1. The molecule has 6 heteroatoms. The van der Waals surface area contributed by atoms with E-state index in [0.717, 1.165) is 0 Å². The van der Waals surface area contributed by atoms with Gasteiger partial charge in [-0.15, -0.1) is 0 Å². The Morgan fingerprint density at radius 2 is 2.13 bits per heavy atom. The number of aromatic nitrogens is 1. The lowest BCUT2D eigenvalue weighted by Gasteiger charge is -2.12. The number of methoxy groups -OCH3 is 1. The van der Waals surface area contributed by atoms with E-state index >= 15 is 0 Å². The Hall–Kier alpha value is -1.00. The largest absolute Gasteiger partial charge is 0.476 e. The summed E-state index contributed by atoms with van der Waals surface area (Å²) in [6.07, 6.45) is -0.740. The van der Waals surface area contributed by atoms with Gasteiger partial charge in [-0.25, -0.2) is 9.78 Å². The minimum Gasteiger partial charge on any atom is -0.476 e. The van der Waals surface area contributed by atoms with Crippen LogP contribution in [0, 0.1) is 0 Å². The highest BCUT2D eigenvalue weighted by atomic mass is 35.5. The highest BCUT2D eigenvalue weighted by Gasteiger charge is 2.16. The summed E-state index contributed by atoms with van der Waals surface area (Å²) < 4.78 is 9.72. The molecule has 0 aliphatic rings. The molecule has 0 aromatic carbocycles. The third kappa shape index (κ3) is 3.25. The Balaban J connectivity index is 2.76. The van der Waals surface area contributed by atoms with E-state index in [-0.39, 0.29) is 10.3 Å². The fraction of sp³-hybridized carbons (Fsp3) is 0.333. The van der Waals surface area contributed by atoms with E-state index in [9.17, 15) is 4.79 Å². The Bertz CT molecular complexity index is 370. The van der Waals surface area contributed by atoms with Gasteiger partial charge in [0, 0.05) is 0 Å². The number of rotatable bonds is 3. The highest BCUT2D eigenvalue weighted by Crippen LogP contribution is 2.24. The normalized spacial score (nSPS) is 12.0. The number of esters is 1. The van der Waals surface area contributed by atoms with E-state index in [1.54, 1.807) is 6.92 Å². The molecule has 82 valence electrons. The molecule has 1 atom stereocenters. The predicted molar refractivity (Wildman–Crippen MR) is 56.4 cm³/mol. The molecule has 1 rings (SSSR count). The van der Waals surface area contributed by atoms with Gasteiger partial charge in [0.05, 0.1) is 7.11 Å². The third-order valence-corrected chi connectivity index (χ3v) is 2.10. The summed E-state index contributed by atoms with van der Waals surface area (Å²) >= 11 is 11.3. The number of carbonyl (C=O) groups is 1. The summed E-state index contributed by atoms with van der Waals surface area (Å²) in [7, 11) is 1.28. The van der Waals surface area contributed by atoms with Crippen LogP contribution in [0.2, 0.25) is 10.3 Å². The second-order valence-electron chi connectivity index (χ2n) is 2.71. The first-order chi connectivity index (χ1) is 7.04. The van der Waals surface area contributed by atoms with Crippen molar-refractivity contribution in [3.63, 3.8) is 0 Å². The van der Waals surface area contributed by atoms with E-state index in [1.165, 1.54) is 19.2 Å². The van der Waals surface area contributed by atoms with E-state index in [1.807, 2.05) is 0 Å². The summed E-state index contributed by atoms with van der Waals surface area (Å²) in [6.45, 7) is 1.55. The molecule has 0 saturated carbocycles. The van der Waals surface area contributed by atoms with Crippen LogP contribution in [0.25, 0.3) is 0 Å². The molecule has 0 spiro atoms. The van der Waals surface area contributed by atoms with E-state index in [0.29, 0.717) is 5.75 Å². The fourth-order valence-corrected chi connectivity index (χ4v) is 1.28. The minimum atomic E-state index is -0.740. The Morgan fingerprint density at radius 3 is 2.67 bits per heavy atom. The Labute approximate surface area is 97.1 Å². The standard InChI is InChI=1S/C9H9Cl2NO3/c1-5(9(13)14-2)15-6-3-4-7(10)12-8(6)11/h3-5H,1-2H3. The van der Waals surface area contributed by atoms with Crippen molar-refractivity contribution in [2.75, 3.05) is 7.11 Å². The van der Waals surface area contributed by atoms with Gasteiger partial charge in [-0.05, 0) is 19.1 Å². The second kappa shape index (κ2) is 5.19. The molecule has 0 N–H and O–H groups in total. The zero-order valence-electron chi connectivity index (χ0n) is 8.16. The fourth-order valence-electron chi connectivity index (χ4n) is 0.892. The highest BCUT2D eigenvalue weighted by molar-refractivity contribution is 6.33. The number of carbonyl (C=O) groups excluding carboxylic acids is 1. The average Bonchev–Trinajstić information content (AvgIpc) is 2.20. The van der Waals surface area contributed by atoms with Gasteiger partial charge in [0.2, 0.25) is 0 Å². The van der Waals surface area contributed by atoms with Crippen molar-refractivity contribution in [3.8, 4) is 5.75 Å². The van der Waals surface area contributed by atoms with Gasteiger partial charge in [-0.1, -0.05) is 23.2 Å². The van der Waals surface area contributed by atoms with Gasteiger partial charge in [0.1, 0.15) is 5.15 Å². The number of ether oxygens (including phenoxy) is 2. The smallest absolute Gasteiger partial charge is 0.346 e. The van der Waals surface area contributed by atoms with Gasteiger partial charge in [0.25, 0.3) is 0 Å². The van der Waals surface area contributed by atoms with E-state index < -0.39 is 12.1 Å². The molecule has 1 unspecified atom stereocenters. The second-order valence-corrected chi connectivity index (χ2v) is 3.45. The van der Waals surface area contributed by atoms with Crippen molar-refractivity contribution in [1.29, 1.82) is 0 Å². The maximum atomic E-state index is 11.1. The Morgan fingerprint density at radius 1 is 1.47 bits per heavy atom. The van der Waals surface area contributed by atoms with Gasteiger partial charge < -0.3 is 9.47 Å². The van der Waals surface area contributed by atoms with Gasteiger partial charge >= 0.3 is 5.97 Å². The van der Waals surface area contributed by atoms with Crippen molar-refractivity contribution in [1.82, 2.24) is 4.98 Å². The summed E-state index contributed by atoms with van der Waals surface area (Å²) in [5.74, 6) is -0.194. The van der Waals surface area contributed by atoms with Crippen molar-refractivity contribution < 1.29 is 14.3 Å². The van der Waals surface area contributed by atoms with Crippen molar-refractivity contribution in [2.24, 2.45) is 0 Å². The van der Waals surface area contributed by atoms with Gasteiger partial charge in [-0.3, -0.25) is 0 Å². The Kier molecular flexibility index (Phi) is 4.17. The topological polar surface area (TPSA) is 48.4 Å². The molecule has 0 aliphatic carbocycles. The molecular formula is C9H9Cl2NO3. The number of halogens is 2. The van der Waals surface area contributed by atoms with Crippen LogP contribution in [0.15, 0.2) is 12.1 Å². The summed E-state index contributed by atoms with van der Waals surface area (Å²) in [6, 6.07) is 3.06. The van der Waals surface area contributed by atoms with Gasteiger partial charge in [-0.2, -0.15) is 0 Å². The van der Waals surface area contributed by atoms with Crippen LogP contribution in [0.5, 0.6) is 5.75 Å². The quantitative estimate of drug-likeness (QED) is 0.610. The SMILES string of the molecule is COC(=O)C(C)Oc1ccc(Cl)nc1Cl. The molecule has 0 saturated heterocycles. The molecule has 0 fully saturated rings. The molecular weight excluding hydrogens is 241 g/mol. The first-order valence-electron chi connectivity index (χ1n) is 4.11. The molecule has 1 aromatic rings. The molecule has 1 heterocycles. The van der Waals surface area contributed by atoms with E-state index in [2.05, 4.69) is 9.72 Å². The van der Waals surface area contributed by atoms with Gasteiger partial charge in [0.15, 0.2) is 17.0 Å². The first kappa shape index (κ1) is 12.1. The lowest BCUT2D eigenvalue weighted by molar-refractivity contribution is -0.147. The number of nitrogens with zero attached hydrogens (tertiary/aromatic N) is 1. The summed E-state index contributed by atoms with van der Waals surface area (Å²) in [5, 5.41) is 0.372. The molecule has 0 radical (unpaired) electrons. The molecule has 0 bridgehead atoms. The van der Waals surface area contributed by atoms with Crippen LogP contribution < -0.4 is 4.74 Å². The number of hydrogen-bond acceptors (Lipinski definition) is 4. The molecule has 0 aliphatic heterocycles. The average molecular weight is 250 g/mol. The molecule has 1 aromatic heterocycles. The van der Waals surface area contributed by atoms with Crippen LogP contribution in [-0.2, 0) is 9.53 Å². The molecule has 15 heavy (non-hydrogen) atoms. The van der Waals surface area contributed by atoms with Crippen molar-refractivity contribution in [3.05, 3.63) is 22.4 Å². The first-order valence-corrected chi connectivity index (χ1v) is 4.86. The van der Waals surface area contributed by atoms with Crippen LogP contribution in [-0.4, -0.2) is 24.2 Å². The molecule has 0 amide bonds. The number of hydrogen-bond donors (Lipinski definition) is 0. The van der Waals surface area contributed by atoms with Crippen LogP contribution >= 0.6 is 23.2 Å².